The van der Waals surface area contributed by atoms with E-state index in [-0.39, 0.29) is 5.91 Å². The summed E-state index contributed by atoms with van der Waals surface area (Å²) in [6.45, 7) is 6.61. The monoisotopic (exact) mass is 282 g/mol. The van der Waals surface area contributed by atoms with Gasteiger partial charge in [-0.2, -0.15) is 0 Å². The van der Waals surface area contributed by atoms with Crippen LogP contribution in [0.15, 0.2) is 42.5 Å². The number of aryl methyl sites for hydroxylation is 1. The zero-order valence-electron chi connectivity index (χ0n) is 12.8. The summed E-state index contributed by atoms with van der Waals surface area (Å²) in [7, 11) is 0. The molecule has 2 aromatic rings. The quantitative estimate of drug-likeness (QED) is 0.895. The summed E-state index contributed by atoms with van der Waals surface area (Å²) >= 11 is 0. The van der Waals surface area contributed by atoms with Crippen LogP contribution in [0.3, 0.4) is 0 Å². The summed E-state index contributed by atoms with van der Waals surface area (Å²) < 4.78 is 0. The Labute approximate surface area is 126 Å². The lowest BCUT2D eigenvalue weighted by molar-refractivity contribution is 0.102. The van der Waals surface area contributed by atoms with Gasteiger partial charge in [0.1, 0.15) is 0 Å². The van der Waals surface area contributed by atoms with E-state index in [1.165, 1.54) is 0 Å². The number of carbonyl (C=O) groups is 1. The third-order valence-corrected chi connectivity index (χ3v) is 3.65. The first-order chi connectivity index (χ1) is 10.0. The SMILES string of the molecule is Cc1cccc(C(C)C)c1NC(=O)c1ccccc1CN. The van der Waals surface area contributed by atoms with Gasteiger partial charge in [0.25, 0.3) is 5.91 Å². The number of anilines is 1. The summed E-state index contributed by atoms with van der Waals surface area (Å²) in [5.41, 5.74) is 10.3. The molecule has 110 valence electrons. The number of amides is 1. The van der Waals surface area contributed by atoms with Crippen molar-refractivity contribution in [2.24, 2.45) is 5.73 Å². The summed E-state index contributed by atoms with van der Waals surface area (Å²) in [4.78, 5) is 12.6. The highest BCUT2D eigenvalue weighted by Gasteiger charge is 2.15. The topological polar surface area (TPSA) is 55.1 Å². The molecule has 0 bridgehead atoms. The highest BCUT2D eigenvalue weighted by molar-refractivity contribution is 6.06. The van der Waals surface area contributed by atoms with Gasteiger partial charge >= 0.3 is 0 Å². The van der Waals surface area contributed by atoms with Gasteiger partial charge < -0.3 is 11.1 Å². The van der Waals surface area contributed by atoms with E-state index in [0.29, 0.717) is 18.0 Å². The van der Waals surface area contributed by atoms with Gasteiger partial charge in [-0.15, -0.1) is 0 Å². The van der Waals surface area contributed by atoms with E-state index in [2.05, 4.69) is 25.2 Å². The summed E-state index contributed by atoms with van der Waals surface area (Å²) in [6, 6.07) is 13.5. The van der Waals surface area contributed by atoms with Crippen molar-refractivity contribution in [2.75, 3.05) is 5.32 Å². The molecular formula is C18H22N2O. The minimum absolute atomic E-state index is 0.104. The van der Waals surface area contributed by atoms with Crippen LogP contribution in [0, 0.1) is 6.92 Å². The average molecular weight is 282 g/mol. The molecule has 0 aliphatic rings. The second kappa shape index (κ2) is 6.55. The molecule has 3 heteroatoms. The van der Waals surface area contributed by atoms with Crippen LogP contribution in [0.1, 0.15) is 46.8 Å². The Morgan fingerprint density at radius 3 is 2.52 bits per heavy atom. The Bertz CT molecular complexity index is 647. The van der Waals surface area contributed by atoms with E-state index in [0.717, 1.165) is 22.4 Å². The number of carbonyl (C=O) groups excluding carboxylic acids is 1. The van der Waals surface area contributed by atoms with E-state index >= 15 is 0 Å². The molecule has 0 aliphatic heterocycles. The third-order valence-electron chi connectivity index (χ3n) is 3.65. The number of nitrogens with one attached hydrogen (secondary N) is 1. The van der Waals surface area contributed by atoms with Gasteiger partial charge in [-0.05, 0) is 35.6 Å². The lowest BCUT2D eigenvalue weighted by Gasteiger charge is -2.17. The molecule has 0 aromatic heterocycles. The lowest BCUT2D eigenvalue weighted by Crippen LogP contribution is -2.17. The Morgan fingerprint density at radius 2 is 1.86 bits per heavy atom. The van der Waals surface area contributed by atoms with Gasteiger partial charge in [-0.3, -0.25) is 4.79 Å². The molecule has 3 nitrogen and oxygen atoms in total. The van der Waals surface area contributed by atoms with E-state index in [1.54, 1.807) is 0 Å². The van der Waals surface area contributed by atoms with E-state index in [9.17, 15) is 4.79 Å². The maximum Gasteiger partial charge on any atom is 0.256 e. The minimum Gasteiger partial charge on any atom is -0.326 e. The zero-order chi connectivity index (χ0) is 15.4. The molecular weight excluding hydrogens is 260 g/mol. The van der Waals surface area contributed by atoms with Crippen molar-refractivity contribution < 1.29 is 4.79 Å². The highest BCUT2D eigenvalue weighted by Crippen LogP contribution is 2.28. The minimum atomic E-state index is -0.104. The predicted molar refractivity (Wildman–Crippen MR) is 87.6 cm³/mol. The molecule has 0 atom stereocenters. The summed E-state index contributed by atoms with van der Waals surface area (Å²) in [5, 5.41) is 3.06. The smallest absolute Gasteiger partial charge is 0.256 e. The number of rotatable bonds is 4. The van der Waals surface area contributed by atoms with E-state index in [4.69, 9.17) is 5.73 Å². The molecule has 0 unspecified atom stereocenters. The number of hydrogen-bond acceptors (Lipinski definition) is 2. The fraction of sp³-hybridized carbons (Fsp3) is 0.278. The summed E-state index contributed by atoms with van der Waals surface area (Å²) in [5.74, 6) is 0.247. The molecule has 2 rings (SSSR count). The predicted octanol–water partition coefficient (Wildman–Crippen LogP) is 3.83. The molecule has 0 fully saturated rings. The van der Waals surface area contributed by atoms with Gasteiger partial charge in [0.05, 0.1) is 0 Å². The second-order valence-electron chi connectivity index (χ2n) is 5.51. The van der Waals surface area contributed by atoms with E-state index < -0.39 is 0 Å². The van der Waals surface area contributed by atoms with Crippen molar-refractivity contribution in [3.05, 3.63) is 64.7 Å². The van der Waals surface area contributed by atoms with Gasteiger partial charge in [-0.25, -0.2) is 0 Å². The maximum absolute atomic E-state index is 12.6. The Kier molecular flexibility index (Phi) is 4.76. The average Bonchev–Trinajstić information content (AvgIpc) is 2.48. The van der Waals surface area contributed by atoms with Crippen LogP contribution in [-0.2, 0) is 6.54 Å². The fourth-order valence-corrected chi connectivity index (χ4v) is 2.44. The number of nitrogens with two attached hydrogens (primary N) is 1. The van der Waals surface area contributed by atoms with Crippen LogP contribution in [0.25, 0.3) is 0 Å². The molecule has 3 N–H and O–H groups in total. The molecule has 0 radical (unpaired) electrons. The molecule has 0 spiro atoms. The van der Waals surface area contributed by atoms with E-state index in [1.807, 2.05) is 43.3 Å². The standard InChI is InChI=1S/C18H22N2O/c1-12(2)15-10-6-7-13(3)17(15)20-18(21)16-9-5-4-8-14(16)11-19/h4-10,12H,11,19H2,1-3H3,(H,20,21). The highest BCUT2D eigenvalue weighted by atomic mass is 16.1. The first-order valence-electron chi connectivity index (χ1n) is 7.23. The van der Waals surface area contributed by atoms with Crippen LogP contribution in [0.5, 0.6) is 0 Å². The van der Waals surface area contributed by atoms with Gasteiger partial charge in [-0.1, -0.05) is 50.2 Å². The fourth-order valence-electron chi connectivity index (χ4n) is 2.44. The van der Waals surface area contributed by atoms with Crippen LogP contribution in [0.4, 0.5) is 5.69 Å². The molecule has 2 aromatic carbocycles. The Balaban J connectivity index is 2.36. The number of benzene rings is 2. The van der Waals surface area contributed by atoms with Crippen LogP contribution >= 0.6 is 0 Å². The normalized spacial score (nSPS) is 10.7. The second-order valence-corrected chi connectivity index (χ2v) is 5.51. The zero-order valence-corrected chi connectivity index (χ0v) is 12.8. The number of hydrogen-bond donors (Lipinski definition) is 2. The van der Waals surface area contributed by atoms with Crippen molar-refractivity contribution in [3.63, 3.8) is 0 Å². The van der Waals surface area contributed by atoms with Gasteiger partial charge in [0.15, 0.2) is 0 Å². The molecule has 21 heavy (non-hydrogen) atoms. The first-order valence-corrected chi connectivity index (χ1v) is 7.23. The van der Waals surface area contributed by atoms with Crippen molar-refractivity contribution in [1.82, 2.24) is 0 Å². The molecule has 0 saturated carbocycles. The molecule has 0 saturated heterocycles. The molecule has 0 aliphatic carbocycles. The summed E-state index contributed by atoms with van der Waals surface area (Å²) in [6.07, 6.45) is 0. The maximum atomic E-state index is 12.6. The van der Waals surface area contributed by atoms with Crippen molar-refractivity contribution in [2.45, 2.75) is 33.2 Å². The van der Waals surface area contributed by atoms with Crippen LogP contribution in [-0.4, -0.2) is 5.91 Å². The van der Waals surface area contributed by atoms with Crippen molar-refractivity contribution >= 4 is 11.6 Å². The van der Waals surface area contributed by atoms with Crippen molar-refractivity contribution in [1.29, 1.82) is 0 Å². The van der Waals surface area contributed by atoms with Crippen LogP contribution in [0.2, 0.25) is 0 Å². The van der Waals surface area contributed by atoms with Gasteiger partial charge in [0.2, 0.25) is 0 Å². The van der Waals surface area contributed by atoms with Crippen LogP contribution < -0.4 is 11.1 Å². The lowest BCUT2D eigenvalue weighted by atomic mass is 9.97. The number of para-hydroxylation sites is 1. The van der Waals surface area contributed by atoms with Gasteiger partial charge in [0, 0.05) is 17.8 Å². The molecule has 1 amide bonds. The Hall–Kier alpha value is -2.13. The van der Waals surface area contributed by atoms with Crippen molar-refractivity contribution in [3.8, 4) is 0 Å². The first kappa shape index (κ1) is 15.3. The molecule has 0 heterocycles. The largest absolute Gasteiger partial charge is 0.326 e. The Morgan fingerprint density at radius 1 is 1.14 bits per heavy atom. The third kappa shape index (κ3) is 3.31.